The van der Waals surface area contributed by atoms with E-state index in [1.54, 1.807) is 23.7 Å². The Kier molecular flexibility index (Phi) is 3.74. The lowest BCUT2D eigenvalue weighted by Gasteiger charge is -2.16. The van der Waals surface area contributed by atoms with Gasteiger partial charge in [0.1, 0.15) is 0 Å². The van der Waals surface area contributed by atoms with E-state index in [9.17, 15) is 0 Å². The Morgan fingerprint density at radius 2 is 2.25 bits per heavy atom. The summed E-state index contributed by atoms with van der Waals surface area (Å²) >= 11 is 7.68. The van der Waals surface area contributed by atoms with E-state index in [1.807, 2.05) is 6.07 Å². The zero-order chi connectivity index (χ0) is 11.4. The minimum atomic E-state index is 0.245. The number of thiophene rings is 1. The van der Waals surface area contributed by atoms with Gasteiger partial charge in [0.25, 0.3) is 0 Å². The summed E-state index contributed by atoms with van der Waals surface area (Å²) in [7, 11) is 0. The van der Waals surface area contributed by atoms with Crippen LogP contribution in [0.5, 0.6) is 0 Å². The minimum Gasteiger partial charge on any atom is -0.360 e. The molecule has 0 bridgehead atoms. The van der Waals surface area contributed by atoms with Crippen molar-refractivity contribution >= 4 is 28.8 Å². The van der Waals surface area contributed by atoms with Gasteiger partial charge in [-0.2, -0.15) is 0 Å². The highest BCUT2D eigenvalue weighted by Crippen LogP contribution is 2.27. The monoisotopic (exact) mass is 253 g/mol. The number of rotatable bonds is 4. The third-order valence-corrected chi connectivity index (χ3v) is 3.52. The average molecular weight is 254 g/mol. The largest absolute Gasteiger partial charge is 0.360 e. The van der Waals surface area contributed by atoms with Crippen molar-refractivity contribution in [2.45, 2.75) is 19.4 Å². The molecule has 84 valence electrons. The number of aromatic nitrogens is 2. The van der Waals surface area contributed by atoms with Crippen LogP contribution in [-0.2, 0) is 0 Å². The summed E-state index contributed by atoms with van der Waals surface area (Å²) in [5, 5.41) is 5.79. The maximum Gasteiger partial charge on any atom is 0.171 e. The molecule has 2 heterocycles. The predicted octanol–water partition coefficient (Wildman–Crippen LogP) is 3.75. The van der Waals surface area contributed by atoms with Gasteiger partial charge in [-0.05, 0) is 17.9 Å². The van der Waals surface area contributed by atoms with Crippen LogP contribution >= 0.6 is 22.9 Å². The zero-order valence-corrected chi connectivity index (χ0v) is 10.4. The quantitative estimate of drug-likeness (QED) is 0.902. The summed E-state index contributed by atoms with van der Waals surface area (Å²) in [4.78, 5) is 9.45. The van der Waals surface area contributed by atoms with Crippen LogP contribution in [0.1, 0.15) is 24.3 Å². The van der Waals surface area contributed by atoms with Gasteiger partial charge >= 0.3 is 0 Å². The molecule has 0 aliphatic carbocycles. The van der Waals surface area contributed by atoms with Crippen molar-refractivity contribution in [3.63, 3.8) is 0 Å². The van der Waals surface area contributed by atoms with Crippen molar-refractivity contribution < 1.29 is 0 Å². The lowest BCUT2D eigenvalue weighted by atomic mass is 10.2. The Morgan fingerprint density at radius 1 is 1.44 bits per heavy atom. The fourth-order valence-electron chi connectivity index (χ4n) is 1.45. The van der Waals surface area contributed by atoms with Crippen molar-refractivity contribution in [2.24, 2.45) is 0 Å². The Labute approximate surface area is 104 Å². The molecule has 3 nitrogen and oxygen atoms in total. The summed E-state index contributed by atoms with van der Waals surface area (Å²) in [6.07, 6.45) is 4.20. The van der Waals surface area contributed by atoms with Gasteiger partial charge in [0.05, 0.1) is 6.04 Å². The van der Waals surface area contributed by atoms with E-state index in [2.05, 4.69) is 33.7 Å². The normalized spacial score (nSPS) is 12.4. The average Bonchev–Trinajstić information content (AvgIpc) is 2.81. The molecule has 0 aromatic carbocycles. The standard InChI is InChI=1S/C11H12ClN3S/c1-2-8(9-4-3-7-16-9)15-11-10(12)13-5-6-14-11/h3-8H,2H2,1H3,(H,14,15). The van der Waals surface area contributed by atoms with Crippen molar-refractivity contribution in [3.05, 3.63) is 39.9 Å². The topological polar surface area (TPSA) is 37.8 Å². The SMILES string of the molecule is CCC(Nc1nccnc1Cl)c1cccs1. The van der Waals surface area contributed by atoms with Crippen LogP contribution in [0.2, 0.25) is 5.15 Å². The van der Waals surface area contributed by atoms with Gasteiger partial charge in [-0.15, -0.1) is 11.3 Å². The molecule has 0 amide bonds. The van der Waals surface area contributed by atoms with Crippen LogP contribution in [0.4, 0.5) is 5.82 Å². The molecule has 1 unspecified atom stereocenters. The Bertz CT molecular complexity index is 444. The molecule has 0 fully saturated rings. The first-order chi connectivity index (χ1) is 7.81. The highest BCUT2D eigenvalue weighted by atomic mass is 35.5. The summed E-state index contributed by atoms with van der Waals surface area (Å²) < 4.78 is 0. The first-order valence-corrected chi connectivity index (χ1v) is 6.33. The van der Waals surface area contributed by atoms with E-state index >= 15 is 0 Å². The molecule has 1 N–H and O–H groups in total. The van der Waals surface area contributed by atoms with Gasteiger partial charge in [0, 0.05) is 17.3 Å². The second kappa shape index (κ2) is 5.27. The minimum absolute atomic E-state index is 0.245. The molecule has 0 saturated carbocycles. The second-order valence-corrected chi connectivity index (χ2v) is 4.65. The van der Waals surface area contributed by atoms with Gasteiger partial charge in [0.2, 0.25) is 0 Å². The second-order valence-electron chi connectivity index (χ2n) is 3.32. The van der Waals surface area contributed by atoms with E-state index in [0.29, 0.717) is 11.0 Å². The summed E-state index contributed by atoms with van der Waals surface area (Å²) in [5.74, 6) is 0.643. The molecule has 2 aromatic rings. The van der Waals surface area contributed by atoms with E-state index < -0.39 is 0 Å². The van der Waals surface area contributed by atoms with Crippen LogP contribution in [0.3, 0.4) is 0 Å². The number of halogens is 1. The van der Waals surface area contributed by atoms with Crippen molar-refractivity contribution in [2.75, 3.05) is 5.32 Å². The molecular weight excluding hydrogens is 242 g/mol. The molecule has 5 heteroatoms. The van der Waals surface area contributed by atoms with Gasteiger partial charge < -0.3 is 5.32 Å². The predicted molar refractivity (Wildman–Crippen MR) is 68.0 cm³/mol. The first kappa shape index (κ1) is 11.4. The third-order valence-electron chi connectivity index (χ3n) is 2.26. The van der Waals surface area contributed by atoms with Gasteiger partial charge in [-0.25, -0.2) is 9.97 Å². The Balaban J connectivity index is 2.17. The highest BCUT2D eigenvalue weighted by Gasteiger charge is 2.12. The first-order valence-electron chi connectivity index (χ1n) is 5.07. The van der Waals surface area contributed by atoms with E-state index in [1.165, 1.54) is 4.88 Å². The number of anilines is 1. The van der Waals surface area contributed by atoms with E-state index in [-0.39, 0.29) is 6.04 Å². The number of hydrogen-bond acceptors (Lipinski definition) is 4. The van der Waals surface area contributed by atoms with Gasteiger partial charge in [-0.1, -0.05) is 24.6 Å². The lowest BCUT2D eigenvalue weighted by Crippen LogP contribution is -2.10. The smallest absolute Gasteiger partial charge is 0.171 e. The van der Waals surface area contributed by atoms with Crippen molar-refractivity contribution in [1.82, 2.24) is 9.97 Å². The van der Waals surface area contributed by atoms with E-state index in [4.69, 9.17) is 11.6 Å². The third kappa shape index (κ3) is 2.51. The maximum atomic E-state index is 5.95. The van der Waals surface area contributed by atoms with Crippen LogP contribution in [-0.4, -0.2) is 9.97 Å². The van der Waals surface area contributed by atoms with Gasteiger partial charge in [-0.3, -0.25) is 0 Å². The Morgan fingerprint density at radius 3 is 2.88 bits per heavy atom. The van der Waals surface area contributed by atoms with Crippen LogP contribution in [0, 0.1) is 0 Å². The molecule has 1 atom stereocenters. The fourth-order valence-corrected chi connectivity index (χ4v) is 2.47. The summed E-state index contributed by atoms with van der Waals surface area (Å²) in [5.41, 5.74) is 0. The molecule has 16 heavy (non-hydrogen) atoms. The lowest BCUT2D eigenvalue weighted by molar-refractivity contribution is 0.757. The van der Waals surface area contributed by atoms with Crippen molar-refractivity contribution in [3.8, 4) is 0 Å². The molecule has 2 rings (SSSR count). The van der Waals surface area contributed by atoms with Crippen LogP contribution in [0.25, 0.3) is 0 Å². The van der Waals surface area contributed by atoms with Gasteiger partial charge in [0.15, 0.2) is 11.0 Å². The highest BCUT2D eigenvalue weighted by molar-refractivity contribution is 7.10. The van der Waals surface area contributed by atoms with Crippen molar-refractivity contribution in [1.29, 1.82) is 0 Å². The molecule has 0 radical (unpaired) electrons. The van der Waals surface area contributed by atoms with E-state index in [0.717, 1.165) is 6.42 Å². The summed E-state index contributed by atoms with van der Waals surface area (Å²) in [6.45, 7) is 2.13. The molecular formula is C11H12ClN3S. The van der Waals surface area contributed by atoms with Crippen LogP contribution in [0.15, 0.2) is 29.9 Å². The summed E-state index contributed by atoms with van der Waals surface area (Å²) in [6, 6.07) is 4.40. The maximum absolute atomic E-state index is 5.95. The molecule has 0 aliphatic rings. The Hall–Kier alpha value is -1.13. The molecule has 2 aromatic heterocycles. The van der Waals surface area contributed by atoms with Crippen LogP contribution < -0.4 is 5.32 Å². The number of hydrogen-bond donors (Lipinski definition) is 1. The number of nitrogens with zero attached hydrogens (tertiary/aromatic N) is 2. The fraction of sp³-hybridized carbons (Fsp3) is 0.273. The number of nitrogens with one attached hydrogen (secondary N) is 1. The molecule has 0 spiro atoms. The zero-order valence-electron chi connectivity index (χ0n) is 8.85. The molecule has 0 saturated heterocycles. The molecule has 0 aliphatic heterocycles.